The predicted octanol–water partition coefficient (Wildman–Crippen LogP) is 8.00. The smallest absolute Gasteiger partial charge is 0.419 e. The summed E-state index contributed by atoms with van der Waals surface area (Å²) in [7, 11) is -3.38. The highest BCUT2D eigenvalue weighted by atomic mass is 28.4. The van der Waals surface area contributed by atoms with Crippen LogP contribution in [0.25, 0.3) is 22.2 Å². The van der Waals surface area contributed by atoms with Gasteiger partial charge in [-0.3, -0.25) is 19.5 Å². The second kappa shape index (κ2) is 12.5. The molecule has 0 radical (unpaired) electrons. The Balaban J connectivity index is 2.15. The van der Waals surface area contributed by atoms with Crippen LogP contribution in [-0.2, 0) is 27.2 Å². The molecule has 3 rings (SSSR count). The highest BCUT2D eigenvalue weighted by Crippen LogP contribution is 2.37. The number of fused-ring (bicyclic) bond motifs is 1. The minimum absolute atomic E-state index is 0.00382. The molecule has 0 aliphatic rings. The van der Waals surface area contributed by atoms with Crippen molar-refractivity contribution in [1.82, 2.24) is 9.13 Å². The molecule has 3 aromatic rings. The van der Waals surface area contributed by atoms with Crippen molar-refractivity contribution in [2.75, 3.05) is 6.61 Å². The monoisotopic (exact) mass is 629 g/mol. The summed E-state index contributed by atoms with van der Waals surface area (Å²) in [5, 5.41) is 12.6. The molecule has 0 saturated carbocycles. The molecule has 0 bridgehead atoms. The zero-order valence-corrected chi connectivity index (χ0v) is 29.5. The number of carbonyl (C=O) groups is 1. The number of nitro groups is 1. The first-order chi connectivity index (χ1) is 19.6. The molecule has 10 nitrogen and oxygen atoms in total. The Labute approximate surface area is 256 Å². The molecular formula is C31H47N3O7Si2. The van der Waals surface area contributed by atoms with Gasteiger partial charge in [-0.2, -0.15) is 0 Å². The van der Waals surface area contributed by atoms with E-state index in [1.165, 1.54) is 21.4 Å². The largest absolute Gasteiger partial charge is 0.443 e. The normalized spacial score (nSPS) is 13.0. The molecule has 0 saturated heterocycles. The molecule has 12 heteroatoms. The predicted molar refractivity (Wildman–Crippen MR) is 176 cm³/mol. The Morgan fingerprint density at radius 1 is 1.00 bits per heavy atom. The number of benzene rings is 1. The molecule has 0 N–H and O–H groups in total. The lowest BCUT2D eigenvalue weighted by Crippen LogP contribution is -2.40. The van der Waals surface area contributed by atoms with Gasteiger partial charge in [-0.15, -0.1) is 0 Å². The average molecular weight is 630 g/mol. The van der Waals surface area contributed by atoms with Gasteiger partial charge < -0.3 is 13.9 Å². The van der Waals surface area contributed by atoms with E-state index >= 15 is 0 Å². The standard InChI is InChI=1S/C31H47N3O7Si2/c1-30(2,3)41-29(36)33-26-13-12-22(20-40-43(10,11)31(4,5)6)16-23(26)17-27(33)25-18-24(34(37)38)19-32(28(25)35)21-39-14-15-42(7,8)9/h12-13,16-19H,14-15,20-21H2,1-11H3. The summed E-state index contributed by atoms with van der Waals surface area (Å²) < 4.78 is 20.4. The maximum Gasteiger partial charge on any atom is 0.419 e. The number of carbonyl (C=O) groups excluding carboxylic acids is 1. The lowest BCUT2D eigenvalue weighted by Gasteiger charge is -2.36. The van der Waals surface area contributed by atoms with Gasteiger partial charge in [-0.05, 0) is 68.7 Å². The summed E-state index contributed by atoms with van der Waals surface area (Å²) in [6.45, 7) is 23.5. The number of hydrogen-bond donors (Lipinski definition) is 0. The third-order valence-electron chi connectivity index (χ3n) is 7.63. The first-order valence-corrected chi connectivity index (χ1v) is 21.2. The number of hydrogen-bond acceptors (Lipinski definition) is 7. The Kier molecular flexibility index (Phi) is 10.0. The second-order valence-corrected chi connectivity index (χ2v) is 25.2. The fourth-order valence-electron chi connectivity index (χ4n) is 4.08. The van der Waals surface area contributed by atoms with Crippen LogP contribution in [0.2, 0.25) is 43.8 Å². The first kappa shape index (κ1) is 34.4. The highest BCUT2D eigenvalue weighted by Gasteiger charge is 2.37. The van der Waals surface area contributed by atoms with E-state index in [0.717, 1.165) is 11.6 Å². The molecule has 2 aromatic heterocycles. The molecule has 0 spiro atoms. The third kappa shape index (κ3) is 8.74. The molecule has 0 aliphatic carbocycles. The Morgan fingerprint density at radius 2 is 1.65 bits per heavy atom. The van der Waals surface area contributed by atoms with Gasteiger partial charge in [0.2, 0.25) is 0 Å². The first-order valence-electron chi connectivity index (χ1n) is 14.6. The lowest BCUT2D eigenvalue weighted by molar-refractivity contribution is -0.385. The zero-order valence-electron chi connectivity index (χ0n) is 27.5. The van der Waals surface area contributed by atoms with Crippen LogP contribution in [0.3, 0.4) is 0 Å². The van der Waals surface area contributed by atoms with Gasteiger partial charge in [-0.25, -0.2) is 9.36 Å². The topological polar surface area (TPSA) is 115 Å². The molecule has 0 fully saturated rings. The molecule has 1 aromatic carbocycles. The number of aromatic nitrogens is 2. The van der Waals surface area contributed by atoms with Crippen LogP contribution in [0.1, 0.15) is 47.1 Å². The molecule has 0 atom stereocenters. The Morgan fingerprint density at radius 3 is 2.21 bits per heavy atom. The second-order valence-electron chi connectivity index (χ2n) is 14.8. The van der Waals surface area contributed by atoms with E-state index < -0.39 is 38.6 Å². The summed E-state index contributed by atoms with van der Waals surface area (Å²) in [4.78, 5) is 38.6. The summed E-state index contributed by atoms with van der Waals surface area (Å²) in [5.41, 5.74) is 0.0391. The van der Waals surface area contributed by atoms with Gasteiger partial charge >= 0.3 is 6.09 Å². The summed E-state index contributed by atoms with van der Waals surface area (Å²) in [5.74, 6) is 0. The minimum Gasteiger partial charge on any atom is -0.443 e. The number of pyridine rings is 1. The summed E-state index contributed by atoms with van der Waals surface area (Å²) in [6.07, 6.45) is 0.489. The van der Waals surface area contributed by atoms with Crippen molar-refractivity contribution >= 4 is 39.1 Å². The Bertz CT molecular complexity index is 1550. The molecule has 236 valence electrons. The maximum absolute atomic E-state index is 13.7. The van der Waals surface area contributed by atoms with Gasteiger partial charge in [0, 0.05) is 26.1 Å². The molecule has 0 amide bonds. The van der Waals surface area contributed by atoms with Crippen LogP contribution in [-0.4, -0.2) is 48.7 Å². The van der Waals surface area contributed by atoms with Crippen LogP contribution in [0.5, 0.6) is 0 Å². The summed E-state index contributed by atoms with van der Waals surface area (Å²) >= 11 is 0. The minimum atomic E-state index is -2.01. The number of ether oxygens (including phenoxy) is 2. The van der Waals surface area contributed by atoms with Crippen molar-refractivity contribution in [3.8, 4) is 11.3 Å². The number of rotatable bonds is 10. The number of nitrogens with zero attached hydrogens (tertiary/aromatic N) is 3. The molecule has 43 heavy (non-hydrogen) atoms. The van der Waals surface area contributed by atoms with E-state index in [2.05, 4.69) is 53.5 Å². The fourth-order valence-corrected chi connectivity index (χ4v) is 5.79. The van der Waals surface area contributed by atoms with Gasteiger partial charge in [0.15, 0.2) is 8.32 Å². The van der Waals surface area contributed by atoms with Crippen molar-refractivity contribution in [3.63, 3.8) is 0 Å². The SMILES string of the molecule is CC(C)(C)OC(=O)n1c(-c2cc([N+](=O)[O-])cn(COCC[Si](C)(C)C)c2=O)cc2cc(CO[Si](C)(C)C(C)(C)C)ccc21. The van der Waals surface area contributed by atoms with E-state index in [1.54, 1.807) is 32.9 Å². The molecule has 0 unspecified atom stereocenters. The van der Waals surface area contributed by atoms with E-state index in [0.29, 0.717) is 24.1 Å². The van der Waals surface area contributed by atoms with Crippen LogP contribution in [0.4, 0.5) is 10.5 Å². The quantitative estimate of drug-likeness (QED) is 0.0966. The van der Waals surface area contributed by atoms with Crippen LogP contribution in [0.15, 0.2) is 41.3 Å². The van der Waals surface area contributed by atoms with Crippen LogP contribution in [0, 0.1) is 10.1 Å². The van der Waals surface area contributed by atoms with Crippen molar-refractivity contribution in [2.24, 2.45) is 0 Å². The average Bonchev–Trinajstić information content (AvgIpc) is 3.22. The van der Waals surface area contributed by atoms with Crippen LogP contribution >= 0.6 is 0 Å². The van der Waals surface area contributed by atoms with E-state index in [-0.39, 0.29) is 28.7 Å². The van der Waals surface area contributed by atoms with Gasteiger partial charge in [0.1, 0.15) is 12.3 Å². The zero-order chi connectivity index (χ0) is 32.5. The fraction of sp³-hybridized carbons (Fsp3) is 0.548. The maximum atomic E-state index is 13.7. The third-order valence-corrected chi connectivity index (χ3v) is 13.8. The lowest BCUT2D eigenvalue weighted by atomic mass is 10.1. The Hall–Kier alpha value is -3.07. The van der Waals surface area contributed by atoms with Crippen LogP contribution < -0.4 is 5.56 Å². The van der Waals surface area contributed by atoms with Crippen molar-refractivity contribution < 1.29 is 23.6 Å². The van der Waals surface area contributed by atoms with Crippen molar-refractivity contribution in [1.29, 1.82) is 0 Å². The molecular weight excluding hydrogens is 583 g/mol. The van der Waals surface area contributed by atoms with Gasteiger partial charge in [0.25, 0.3) is 11.2 Å². The van der Waals surface area contributed by atoms with Gasteiger partial charge in [-0.1, -0.05) is 46.5 Å². The van der Waals surface area contributed by atoms with E-state index in [4.69, 9.17) is 13.9 Å². The van der Waals surface area contributed by atoms with Crippen molar-refractivity contribution in [2.45, 2.75) is 104 Å². The molecule has 0 aliphatic heterocycles. The highest BCUT2D eigenvalue weighted by molar-refractivity contribution is 6.76. The van der Waals surface area contributed by atoms with Gasteiger partial charge in [0.05, 0.1) is 34.5 Å². The summed E-state index contributed by atoms with van der Waals surface area (Å²) in [6, 6.07) is 9.39. The van der Waals surface area contributed by atoms with E-state index in [9.17, 15) is 19.7 Å². The van der Waals surface area contributed by atoms with E-state index in [1.807, 2.05) is 12.1 Å². The molecule has 2 heterocycles. The van der Waals surface area contributed by atoms with Crippen molar-refractivity contribution in [3.05, 3.63) is 62.6 Å².